The minimum absolute atomic E-state index is 0.148. The van der Waals surface area contributed by atoms with Crippen molar-refractivity contribution in [3.8, 4) is 10.8 Å². The van der Waals surface area contributed by atoms with Crippen LogP contribution in [0, 0.1) is 0 Å². The molecule has 2 heterocycles. The molecule has 0 radical (unpaired) electrons. The van der Waals surface area contributed by atoms with Crippen LogP contribution in [0.3, 0.4) is 0 Å². The fourth-order valence-electron chi connectivity index (χ4n) is 1.66. The molecule has 1 N–H and O–H groups in total. The molecule has 0 amide bonds. The number of thiophene rings is 1. The van der Waals surface area contributed by atoms with Gasteiger partial charge in [0.2, 0.25) is 5.89 Å². The van der Waals surface area contributed by atoms with Gasteiger partial charge in [0.25, 0.3) is 0 Å². The normalized spacial score (nSPS) is 10.9. The number of para-hydroxylation sites is 1. The second-order valence-corrected chi connectivity index (χ2v) is 5.34. The van der Waals surface area contributed by atoms with Gasteiger partial charge in [-0.1, -0.05) is 6.07 Å². The largest absolute Gasteiger partial charge is 0.478 e. The highest BCUT2D eigenvalue weighted by Gasteiger charge is 2.17. The molecule has 90 valence electrons. The molecule has 3 aromatic rings. The fourth-order valence-corrected chi connectivity index (χ4v) is 3.13. The molecule has 0 bridgehead atoms. The lowest BCUT2D eigenvalue weighted by atomic mass is 10.2. The molecular formula is C12H6BrNO3S. The Morgan fingerprint density at radius 1 is 1.39 bits per heavy atom. The molecule has 0 aliphatic carbocycles. The third-order valence-electron chi connectivity index (χ3n) is 2.46. The van der Waals surface area contributed by atoms with E-state index >= 15 is 0 Å². The van der Waals surface area contributed by atoms with E-state index in [-0.39, 0.29) is 5.56 Å². The Hall–Kier alpha value is -1.66. The summed E-state index contributed by atoms with van der Waals surface area (Å²) in [7, 11) is 0. The molecule has 4 nitrogen and oxygen atoms in total. The minimum atomic E-state index is -1.01. The Kier molecular flexibility index (Phi) is 2.68. The van der Waals surface area contributed by atoms with Gasteiger partial charge in [0.1, 0.15) is 10.4 Å². The summed E-state index contributed by atoms with van der Waals surface area (Å²) in [4.78, 5) is 16.2. The van der Waals surface area contributed by atoms with Gasteiger partial charge in [-0.15, -0.1) is 11.3 Å². The smallest absolute Gasteiger partial charge is 0.338 e. The van der Waals surface area contributed by atoms with Crippen LogP contribution >= 0.6 is 27.3 Å². The summed E-state index contributed by atoms with van der Waals surface area (Å²) in [6.45, 7) is 0. The number of rotatable bonds is 2. The maximum atomic E-state index is 11.1. The number of fused-ring (bicyclic) bond motifs is 1. The van der Waals surface area contributed by atoms with Gasteiger partial charge in [0.05, 0.1) is 5.56 Å². The topological polar surface area (TPSA) is 63.3 Å². The molecule has 0 unspecified atom stereocenters. The first-order chi connectivity index (χ1) is 8.66. The molecule has 3 rings (SSSR count). The number of carboxylic acids is 1. The number of halogens is 1. The highest BCUT2D eigenvalue weighted by molar-refractivity contribution is 9.10. The van der Waals surface area contributed by atoms with Crippen molar-refractivity contribution in [3.63, 3.8) is 0 Å². The van der Waals surface area contributed by atoms with Crippen LogP contribution in [0.2, 0.25) is 0 Å². The van der Waals surface area contributed by atoms with E-state index in [0.29, 0.717) is 17.0 Å². The highest BCUT2D eigenvalue weighted by atomic mass is 79.9. The second-order valence-electron chi connectivity index (χ2n) is 3.57. The lowest BCUT2D eigenvalue weighted by molar-refractivity contribution is 0.0699. The number of carboxylic acid groups (broad SMARTS) is 1. The Morgan fingerprint density at radius 2 is 2.22 bits per heavy atom. The molecule has 0 atom stereocenters. The van der Waals surface area contributed by atoms with Crippen LogP contribution in [0.5, 0.6) is 0 Å². The number of nitrogens with zero attached hydrogens (tertiary/aromatic N) is 1. The van der Waals surface area contributed by atoms with Crippen LogP contribution < -0.4 is 0 Å². The molecule has 0 fully saturated rings. The predicted octanol–water partition coefficient (Wildman–Crippen LogP) is 4.02. The number of aromatic carboxylic acids is 1. The summed E-state index contributed by atoms with van der Waals surface area (Å²) in [6, 6.07) is 6.76. The molecule has 0 saturated carbocycles. The van der Waals surface area contributed by atoms with E-state index in [1.54, 1.807) is 12.1 Å². The summed E-state index contributed by atoms with van der Waals surface area (Å²) in [5, 5.41) is 11.0. The van der Waals surface area contributed by atoms with Crippen molar-refractivity contribution < 1.29 is 14.3 Å². The number of oxazole rings is 1. The molecule has 6 heteroatoms. The second kappa shape index (κ2) is 4.22. The van der Waals surface area contributed by atoms with Crippen molar-refractivity contribution in [1.29, 1.82) is 0 Å². The van der Waals surface area contributed by atoms with Crippen molar-refractivity contribution in [1.82, 2.24) is 4.98 Å². The average Bonchev–Trinajstić information content (AvgIpc) is 2.92. The van der Waals surface area contributed by atoms with Gasteiger partial charge in [0.15, 0.2) is 5.58 Å². The van der Waals surface area contributed by atoms with E-state index in [4.69, 9.17) is 9.52 Å². The number of aromatic nitrogens is 1. The van der Waals surface area contributed by atoms with Crippen molar-refractivity contribution in [3.05, 3.63) is 39.7 Å². The van der Waals surface area contributed by atoms with Gasteiger partial charge >= 0.3 is 5.97 Å². The first kappa shape index (κ1) is 11.4. The van der Waals surface area contributed by atoms with Crippen molar-refractivity contribution >= 4 is 44.3 Å². The molecule has 1 aromatic carbocycles. The van der Waals surface area contributed by atoms with Crippen LogP contribution in [-0.2, 0) is 0 Å². The standard InChI is InChI=1S/C12H6BrNO3S/c13-7-4-5-18-10(7)11-14-9-6(12(15)16)2-1-3-8(9)17-11/h1-5H,(H,15,16). The van der Waals surface area contributed by atoms with E-state index in [0.717, 1.165) is 9.35 Å². The highest BCUT2D eigenvalue weighted by Crippen LogP contribution is 2.35. The van der Waals surface area contributed by atoms with Gasteiger partial charge in [-0.2, -0.15) is 0 Å². The number of carbonyl (C=O) groups is 1. The third-order valence-corrected chi connectivity index (χ3v) is 4.29. The van der Waals surface area contributed by atoms with E-state index in [1.807, 2.05) is 11.4 Å². The Bertz CT molecular complexity index is 747. The monoisotopic (exact) mass is 323 g/mol. The van der Waals surface area contributed by atoms with Crippen molar-refractivity contribution in [2.75, 3.05) is 0 Å². The van der Waals surface area contributed by atoms with E-state index in [9.17, 15) is 4.79 Å². The van der Waals surface area contributed by atoms with E-state index in [1.165, 1.54) is 17.4 Å². The zero-order valence-electron chi connectivity index (χ0n) is 8.88. The zero-order valence-corrected chi connectivity index (χ0v) is 11.3. The molecular weight excluding hydrogens is 318 g/mol. The van der Waals surface area contributed by atoms with Gasteiger partial charge in [-0.3, -0.25) is 0 Å². The Balaban J connectivity index is 2.26. The number of hydrogen-bond donors (Lipinski definition) is 1. The predicted molar refractivity (Wildman–Crippen MR) is 72.0 cm³/mol. The SMILES string of the molecule is O=C(O)c1cccc2oc(-c3sccc3Br)nc12. The van der Waals surface area contributed by atoms with E-state index in [2.05, 4.69) is 20.9 Å². The first-order valence-corrected chi connectivity index (χ1v) is 6.70. The van der Waals surface area contributed by atoms with Gasteiger partial charge in [0, 0.05) is 4.47 Å². The molecule has 18 heavy (non-hydrogen) atoms. The Labute approximate surface area is 114 Å². The maximum Gasteiger partial charge on any atom is 0.338 e. The van der Waals surface area contributed by atoms with Crippen molar-refractivity contribution in [2.45, 2.75) is 0 Å². The summed E-state index contributed by atoms with van der Waals surface area (Å²) < 4.78 is 6.48. The van der Waals surface area contributed by atoms with Crippen LogP contribution in [0.1, 0.15) is 10.4 Å². The summed E-state index contributed by atoms with van der Waals surface area (Å²) in [6.07, 6.45) is 0. The maximum absolute atomic E-state index is 11.1. The van der Waals surface area contributed by atoms with Crippen LogP contribution in [0.4, 0.5) is 0 Å². The van der Waals surface area contributed by atoms with Gasteiger partial charge in [-0.05, 0) is 39.5 Å². The van der Waals surface area contributed by atoms with Crippen molar-refractivity contribution in [2.24, 2.45) is 0 Å². The lowest BCUT2D eigenvalue weighted by Crippen LogP contribution is -1.96. The quantitative estimate of drug-likeness (QED) is 0.773. The van der Waals surface area contributed by atoms with Crippen LogP contribution in [0.15, 0.2) is 38.5 Å². The van der Waals surface area contributed by atoms with Gasteiger partial charge < -0.3 is 9.52 Å². The molecule has 0 saturated heterocycles. The number of benzene rings is 1. The zero-order chi connectivity index (χ0) is 12.7. The minimum Gasteiger partial charge on any atom is -0.478 e. The number of hydrogen-bond acceptors (Lipinski definition) is 4. The average molecular weight is 324 g/mol. The Morgan fingerprint density at radius 3 is 2.89 bits per heavy atom. The van der Waals surface area contributed by atoms with Gasteiger partial charge in [-0.25, -0.2) is 9.78 Å². The van der Waals surface area contributed by atoms with Crippen LogP contribution in [-0.4, -0.2) is 16.1 Å². The summed E-state index contributed by atoms with van der Waals surface area (Å²) in [5.41, 5.74) is 1.00. The van der Waals surface area contributed by atoms with E-state index < -0.39 is 5.97 Å². The molecule has 0 aliphatic rings. The lowest BCUT2D eigenvalue weighted by Gasteiger charge is -1.92. The third kappa shape index (κ3) is 1.74. The first-order valence-electron chi connectivity index (χ1n) is 5.03. The summed E-state index contributed by atoms with van der Waals surface area (Å²) >= 11 is 4.88. The molecule has 2 aromatic heterocycles. The van der Waals surface area contributed by atoms with Crippen LogP contribution in [0.25, 0.3) is 21.9 Å². The molecule has 0 spiro atoms. The summed E-state index contributed by atoms with van der Waals surface area (Å²) in [5.74, 6) is -0.578. The fraction of sp³-hybridized carbons (Fsp3) is 0. The molecule has 0 aliphatic heterocycles.